The summed E-state index contributed by atoms with van der Waals surface area (Å²) in [7, 11) is 0. The number of halogens is 2. The Labute approximate surface area is 87.6 Å². The fourth-order valence-electron chi connectivity index (χ4n) is 0.858. The van der Waals surface area contributed by atoms with Crippen molar-refractivity contribution in [3.63, 3.8) is 0 Å². The summed E-state index contributed by atoms with van der Waals surface area (Å²) in [6, 6.07) is 1.88. The minimum Gasteiger partial charge on any atom is -0.486 e. The molecule has 12 heavy (non-hydrogen) atoms. The number of hydrogen-bond donors (Lipinski definition) is 0. The van der Waals surface area contributed by atoms with Crippen molar-refractivity contribution in [1.29, 1.82) is 0 Å². The van der Waals surface area contributed by atoms with Gasteiger partial charge in [0.25, 0.3) is 0 Å². The van der Waals surface area contributed by atoms with E-state index < -0.39 is 0 Å². The highest BCUT2D eigenvalue weighted by molar-refractivity contribution is 9.11. The van der Waals surface area contributed by atoms with Gasteiger partial charge in [-0.25, -0.2) is 4.98 Å². The molecule has 4 heteroatoms. The predicted octanol–water partition coefficient (Wildman–Crippen LogP) is 3.15. The molecule has 2 rings (SSSR count). The quantitative estimate of drug-likeness (QED) is 0.781. The summed E-state index contributed by atoms with van der Waals surface area (Å²) < 4.78 is 7.35. The van der Waals surface area contributed by atoms with Crippen LogP contribution < -0.4 is 4.74 Å². The molecule has 0 bridgehead atoms. The third-order valence-electron chi connectivity index (χ3n) is 1.62. The van der Waals surface area contributed by atoms with Crippen LogP contribution in [0.25, 0.3) is 0 Å². The molecule has 1 aromatic heterocycles. The van der Waals surface area contributed by atoms with Gasteiger partial charge in [0.2, 0.25) is 0 Å². The molecule has 0 amide bonds. The van der Waals surface area contributed by atoms with Crippen LogP contribution in [0.2, 0.25) is 0 Å². The van der Waals surface area contributed by atoms with Crippen LogP contribution >= 0.6 is 31.9 Å². The Morgan fingerprint density at radius 3 is 2.75 bits per heavy atom. The first-order valence-electron chi connectivity index (χ1n) is 3.74. The average molecular weight is 293 g/mol. The number of pyridine rings is 1. The molecule has 1 aliphatic rings. The van der Waals surface area contributed by atoms with E-state index in [0.717, 1.165) is 27.7 Å². The SMILES string of the molecule is Brc1ccnc(Br)c1OC1CC1. The smallest absolute Gasteiger partial charge is 0.166 e. The monoisotopic (exact) mass is 291 g/mol. The standard InChI is InChI=1S/C8H7Br2NO/c9-6-3-4-11-8(10)7(6)12-5-1-2-5/h3-5H,1-2H2. The molecule has 0 atom stereocenters. The van der Waals surface area contributed by atoms with Crippen LogP contribution in [0.4, 0.5) is 0 Å². The lowest BCUT2D eigenvalue weighted by Crippen LogP contribution is -1.98. The van der Waals surface area contributed by atoms with Gasteiger partial charge in [-0.3, -0.25) is 0 Å². The van der Waals surface area contributed by atoms with Crippen LogP contribution in [0, 0.1) is 0 Å². The summed E-state index contributed by atoms with van der Waals surface area (Å²) in [5.41, 5.74) is 0. The largest absolute Gasteiger partial charge is 0.486 e. The molecule has 1 fully saturated rings. The normalized spacial score (nSPS) is 16.2. The zero-order valence-corrected chi connectivity index (χ0v) is 9.43. The zero-order valence-electron chi connectivity index (χ0n) is 6.26. The summed E-state index contributed by atoms with van der Waals surface area (Å²) in [5, 5.41) is 0. The molecule has 0 aromatic carbocycles. The maximum absolute atomic E-state index is 5.63. The van der Waals surface area contributed by atoms with Gasteiger partial charge in [0.15, 0.2) is 5.75 Å². The highest BCUT2D eigenvalue weighted by Crippen LogP contribution is 2.36. The van der Waals surface area contributed by atoms with E-state index in [4.69, 9.17) is 4.74 Å². The first-order chi connectivity index (χ1) is 5.77. The summed E-state index contributed by atoms with van der Waals surface area (Å²) in [5.74, 6) is 0.819. The Kier molecular flexibility index (Phi) is 2.37. The molecule has 1 heterocycles. The minimum atomic E-state index is 0.404. The van der Waals surface area contributed by atoms with E-state index in [0.29, 0.717) is 6.10 Å². The van der Waals surface area contributed by atoms with Crippen molar-refractivity contribution in [2.45, 2.75) is 18.9 Å². The molecule has 0 unspecified atom stereocenters. The Hall–Kier alpha value is -0.0900. The van der Waals surface area contributed by atoms with E-state index in [9.17, 15) is 0 Å². The maximum Gasteiger partial charge on any atom is 0.166 e. The van der Waals surface area contributed by atoms with Crippen molar-refractivity contribution in [3.05, 3.63) is 21.3 Å². The lowest BCUT2D eigenvalue weighted by Gasteiger charge is -2.07. The molecule has 1 aliphatic carbocycles. The third-order valence-corrected chi connectivity index (χ3v) is 2.81. The first-order valence-corrected chi connectivity index (χ1v) is 5.32. The second kappa shape index (κ2) is 3.34. The molecular formula is C8H7Br2NO. The van der Waals surface area contributed by atoms with Gasteiger partial charge >= 0.3 is 0 Å². The molecule has 64 valence electrons. The first kappa shape index (κ1) is 8.51. The van der Waals surface area contributed by atoms with Crippen LogP contribution in [-0.4, -0.2) is 11.1 Å². The van der Waals surface area contributed by atoms with Crippen molar-refractivity contribution >= 4 is 31.9 Å². The number of rotatable bonds is 2. The number of nitrogens with zero attached hydrogens (tertiary/aromatic N) is 1. The molecule has 0 radical (unpaired) electrons. The molecule has 0 aliphatic heterocycles. The second-order valence-electron chi connectivity index (χ2n) is 2.73. The van der Waals surface area contributed by atoms with E-state index in [1.54, 1.807) is 6.20 Å². The van der Waals surface area contributed by atoms with Gasteiger partial charge in [0.1, 0.15) is 4.60 Å². The molecule has 0 saturated heterocycles. The van der Waals surface area contributed by atoms with Crippen molar-refractivity contribution in [2.75, 3.05) is 0 Å². The van der Waals surface area contributed by atoms with E-state index in [1.807, 2.05) is 6.07 Å². The van der Waals surface area contributed by atoms with Gasteiger partial charge in [0.05, 0.1) is 10.6 Å². The highest BCUT2D eigenvalue weighted by atomic mass is 79.9. The molecule has 1 aromatic rings. The van der Waals surface area contributed by atoms with E-state index in [2.05, 4.69) is 36.8 Å². The van der Waals surface area contributed by atoms with E-state index in [-0.39, 0.29) is 0 Å². The zero-order chi connectivity index (χ0) is 8.55. The minimum absolute atomic E-state index is 0.404. The number of ether oxygens (including phenoxy) is 1. The van der Waals surface area contributed by atoms with Gasteiger partial charge in [-0.15, -0.1) is 0 Å². The Balaban J connectivity index is 2.26. The molecule has 1 saturated carbocycles. The lowest BCUT2D eigenvalue weighted by molar-refractivity contribution is 0.298. The Morgan fingerprint density at radius 2 is 2.17 bits per heavy atom. The predicted molar refractivity (Wildman–Crippen MR) is 53.3 cm³/mol. The van der Waals surface area contributed by atoms with Crippen molar-refractivity contribution < 1.29 is 4.74 Å². The van der Waals surface area contributed by atoms with Crippen LogP contribution in [0.15, 0.2) is 21.3 Å². The van der Waals surface area contributed by atoms with E-state index in [1.165, 1.54) is 0 Å². The molecular weight excluding hydrogens is 286 g/mol. The average Bonchev–Trinajstić information content (AvgIpc) is 2.80. The molecule has 2 nitrogen and oxygen atoms in total. The van der Waals surface area contributed by atoms with Crippen LogP contribution in [-0.2, 0) is 0 Å². The summed E-state index contributed by atoms with van der Waals surface area (Å²) in [6.45, 7) is 0. The van der Waals surface area contributed by atoms with Crippen molar-refractivity contribution in [1.82, 2.24) is 4.98 Å². The third kappa shape index (κ3) is 1.80. The topological polar surface area (TPSA) is 22.1 Å². The fourth-order valence-corrected chi connectivity index (χ4v) is 1.95. The summed E-state index contributed by atoms with van der Waals surface area (Å²) in [4.78, 5) is 4.08. The molecule has 0 spiro atoms. The maximum atomic E-state index is 5.63. The lowest BCUT2D eigenvalue weighted by atomic mass is 10.5. The van der Waals surface area contributed by atoms with Crippen LogP contribution in [0.1, 0.15) is 12.8 Å². The second-order valence-corrected chi connectivity index (χ2v) is 4.34. The number of aromatic nitrogens is 1. The summed E-state index contributed by atoms with van der Waals surface area (Å²) in [6.07, 6.45) is 4.46. The highest BCUT2D eigenvalue weighted by Gasteiger charge is 2.25. The van der Waals surface area contributed by atoms with Gasteiger partial charge in [-0.1, -0.05) is 0 Å². The molecule has 0 N–H and O–H groups in total. The van der Waals surface area contributed by atoms with Crippen molar-refractivity contribution in [3.8, 4) is 5.75 Å². The van der Waals surface area contributed by atoms with Crippen molar-refractivity contribution in [2.24, 2.45) is 0 Å². The van der Waals surface area contributed by atoms with Gasteiger partial charge in [-0.05, 0) is 50.8 Å². The number of hydrogen-bond acceptors (Lipinski definition) is 2. The van der Waals surface area contributed by atoms with Gasteiger partial charge < -0.3 is 4.74 Å². The van der Waals surface area contributed by atoms with Gasteiger partial charge in [-0.2, -0.15) is 0 Å². The van der Waals surface area contributed by atoms with Gasteiger partial charge in [0, 0.05) is 6.20 Å². The Bertz CT molecular complexity index is 279. The van der Waals surface area contributed by atoms with E-state index >= 15 is 0 Å². The Morgan fingerprint density at radius 1 is 1.42 bits per heavy atom. The summed E-state index contributed by atoms with van der Waals surface area (Å²) >= 11 is 6.75. The van der Waals surface area contributed by atoms with Crippen LogP contribution in [0.3, 0.4) is 0 Å². The van der Waals surface area contributed by atoms with Crippen LogP contribution in [0.5, 0.6) is 5.75 Å². The fraction of sp³-hybridized carbons (Fsp3) is 0.375.